The first-order valence-electron chi connectivity index (χ1n) is 8.19. The van der Waals surface area contributed by atoms with Gasteiger partial charge in [0, 0.05) is 16.5 Å². The van der Waals surface area contributed by atoms with Crippen molar-refractivity contribution in [3.05, 3.63) is 83.7 Å². The van der Waals surface area contributed by atoms with Crippen LogP contribution >= 0.6 is 0 Å². The van der Waals surface area contributed by atoms with Crippen molar-refractivity contribution in [1.82, 2.24) is 10.3 Å². The van der Waals surface area contributed by atoms with Crippen LogP contribution in [0.25, 0.3) is 10.9 Å². The molecule has 2 aromatic carbocycles. The maximum atomic E-state index is 12.1. The van der Waals surface area contributed by atoms with E-state index >= 15 is 0 Å². The summed E-state index contributed by atoms with van der Waals surface area (Å²) in [4.78, 5) is 19.9. The highest BCUT2D eigenvalue weighted by atomic mass is 16.1. The molecule has 0 radical (unpaired) electrons. The molecule has 0 aliphatic heterocycles. The molecule has 0 aliphatic rings. The maximum Gasteiger partial charge on any atom is 0.251 e. The van der Waals surface area contributed by atoms with E-state index in [1.807, 2.05) is 37.3 Å². The quantitative estimate of drug-likeness (QED) is 0.675. The molecule has 3 rings (SSSR count). The van der Waals surface area contributed by atoms with Crippen molar-refractivity contribution in [3.8, 4) is 0 Å². The zero-order valence-corrected chi connectivity index (χ0v) is 14.5. The van der Waals surface area contributed by atoms with Crippen LogP contribution in [0.15, 0.2) is 71.9 Å². The summed E-state index contributed by atoms with van der Waals surface area (Å²) in [5.41, 5.74) is 5.35. The summed E-state index contributed by atoms with van der Waals surface area (Å²) in [5, 5.41) is 4.03. The Balaban J connectivity index is 1.67. The van der Waals surface area contributed by atoms with Gasteiger partial charge in [-0.15, -0.1) is 0 Å². The Morgan fingerprint density at radius 3 is 2.64 bits per heavy atom. The molecule has 0 aliphatic carbocycles. The SMILES string of the molecule is C=C(CNC(=O)c1ccccc1)/N=C(\C)c1cc2c(C)cccc2[nH]1. The van der Waals surface area contributed by atoms with Crippen molar-refractivity contribution in [2.24, 2.45) is 4.99 Å². The van der Waals surface area contributed by atoms with Crippen LogP contribution in [0.3, 0.4) is 0 Å². The Morgan fingerprint density at radius 2 is 1.92 bits per heavy atom. The van der Waals surface area contributed by atoms with Crippen LogP contribution in [0, 0.1) is 6.92 Å². The number of rotatable bonds is 5. The average molecular weight is 331 g/mol. The van der Waals surface area contributed by atoms with Gasteiger partial charge in [0.15, 0.2) is 0 Å². The number of carbonyl (C=O) groups excluding carboxylic acids is 1. The monoisotopic (exact) mass is 331 g/mol. The minimum absolute atomic E-state index is 0.129. The van der Waals surface area contributed by atoms with E-state index in [1.54, 1.807) is 12.1 Å². The molecule has 1 heterocycles. The molecule has 0 fully saturated rings. The lowest BCUT2D eigenvalue weighted by atomic mass is 10.1. The van der Waals surface area contributed by atoms with Gasteiger partial charge in [0.05, 0.1) is 23.6 Å². The highest BCUT2D eigenvalue weighted by Crippen LogP contribution is 2.19. The van der Waals surface area contributed by atoms with Gasteiger partial charge in [0.1, 0.15) is 0 Å². The van der Waals surface area contributed by atoms with Crippen LogP contribution in [-0.4, -0.2) is 23.1 Å². The third kappa shape index (κ3) is 3.86. The number of hydrogen-bond acceptors (Lipinski definition) is 2. The number of H-pyrrole nitrogens is 1. The minimum atomic E-state index is -0.129. The van der Waals surface area contributed by atoms with Crippen molar-refractivity contribution in [1.29, 1.82) is 0 Å². The molecule has 0 saturated heterocycles. The highest BCUT2D eigenvalue weighted by molar-refractivity contribution is 6.02. The molecule has 0 saturated carbocycles. The fourth-order valence-electron chi connectivity index (χ4n) is 2.71. The zero-order chi connectivity index (χ0) is 17.8. The Kier molecular flexibility index (Phi) is 4.80. The van der Waals surface area contributed by atoms with Crippen LogP contribution in [-0.2, 0) is 0 Å². The first kappa shape index (κ1) is 16.7. The first-order valence-corrected chi connectivity index (χ1v) is 8.19. The van der Waals surface area contributed by atoms with E-state index < -0.39 is 0 Å². The summed E-state index contributed by atoms with van der Waals surface area (Å²) in [6, 6.07) is 17.4. The Morgan fingerprint density at radius 1 is 1.16 bits per heavy atom. The number of nitrogens with one attached hydrogen (secondary N) is 2. The number of nitrogens with zero attached hydrogens (tertiary/aromatic N) is 1. The molecule has 4 heteroatoms. The van der Waals surface area contributed by atoms with Crippen LogP contribution in [0.1, 0.15) is 28.5 Å². The summed E-state index contributed by atoms with van der Waals surface area (Å²) in [6.45, 7) is 8.27. The Labute approximate surface area is 147 Å². The van der Waals surface area contributed by atoms with Crippen molar-refractivity contribution in [2.45, 2.75) is 13.8 Å². The standard InChI is InChI=1S/C21H21N3O/c1-14-8-7-11-19-18(14)12-20(24-19)16(3)23-15(2)13-22-21(25)17-9-5-4-6-10-17/h4-12,24H,2,13H2,1,3H3,(H,22,25)/b23-16+. The molecular weight excluding hydrogens is 310 g/mol. The first-order chi connectivity index (χ1) is 12.0. The van der Waals surface area contributed by atoms with E-state index in [9.17, 15) is 4.79 Å². The lowest BCUT2D eigenvalue weighted by Crippen LogP contribution is -2.25. The highest BCUT2D eigenvalue weighted by Gasteiger charge is 2.07. The van der Waals surface area contributed by atoms with E-state index in [1.165, 1.54) is 10.9 Å². The number of aromatic nitrogens is 1. The lowest BCUT2D eigenvalue weighted by Gasteiger charge is -2.05. The molecular formula is C21H21N3O. The zero-order valence-electron chi connectivity index (χ0n) is 14.5. The van der Waals surface area contributed by atoms with Gasteiger partial charge < -0.3 is 10.3 Å². The number of hydrogen-bond donors (Lipinski definition) is 2. The summed E-state index contributed by atoms with van der Waals surface area (Å²) >= 11 is 0. The van der Waals surface area contributed by atoms with E-state index in [-0.39, 0.29) is 5.91 Å². The smallest absolute Gasteiger partial charge is 0.251 e. The van der Waals surface area contributed by atoms with Gasteiger partial charge in [0.2, 0.25) is 0 Å². The molecule has 2 N–H and O–H groups in total. The summed E-state index contributed by atoms with van der Waals surface area (Å²) in [7, 11) is 0. The van der Waals surface area contributed by atoms with Crippen molar-refractivity contribution in [3.63, 3.8) is 0 Å². The average Bonchev–Trinajstić information content (AvgIpc) is 3.06. The second kappa shape index (κ2) is 7.18. The molecule has 3 aromatic rings. The predicted octanol–water partition coefficient (Wildman–Crippen LogP) is 4.23. The number of carbonyl (C=O) groups is 1. The van der Waals surface area contributed by atoms with Gasteiger partial charge in [-0.2, -0.15) is 0 Å². The second-order valence-electron chi connectivity index (χ2n) is 6.03. The van der Waals surface area contributed by atoms with Gasteiger partial charge in [0.25, 0.3) is 5.91 Å². The molecule has 1 amide bonds. The number of fused-ring (bicyclic) bond motifs is 1. The van der Waals surface area contributed by atoms with Crippen molar-refractivity contribution < 1.29 is 4.79 Å². The maximum absolute atomic E-state index is 12.1. The number of amides is 1. The fraction of sp³-hybridized carbons (Fsp3) is 0.143. The second-order valence-corrected chi connectivity index (χ2v) is 6.03. The molecule has 0 unspecified atom stereocenters. The number of aromatic amines is 1. The van der Waals surface area contributed by atoms with E-state index in [2.05, 4.69) is 40.9 Å². The van der Waals surface area contributed by atoms with Crippen LogP contribution in [0.4, 0.5) is 0 Å². The van der Waals surface area contributed by atoms with E-state index in [4.69, 9.17) is 0 Å². The Bertz CT molecular complexity index is 952. The fourth-order valence-corrected chi connectivity index (χ4v) is 2.71. The van der Waals surface area contributed by atoms with Gasteiger partial charge in [-0.05, 0) is 43.7 Å². The van der Waals surface area contributed by atoms with Gasteiger partial charge in [-0.1, -0.05) is 36.9 Å². The van der Waals surface area contributed by atoms with Gasteiger partial charge in [-0.25, -0.2) is 0 Å². The largest absolute Gasteiger partial charge is 0.354 e. The molecule has 25 heavy (non-hydrogen) atoms. The molecule has 0 spiro atoms. The van der Waals surface area contributed by atoms with E-state index in [0.717, 1.165) is 16.9 Å². The van der Waals surface area contributed by atoms with Gasteiger partial charge in [-0.3, -0.25) is 9.79 Å². The Hall–Kier alpha value is -3.14. The van der Waals surface area contributed by atoms with Crippen LogP contribution in [0.5, 0.6) is 0 Å². The molecule has 1 aromatic heterocycles. The summed E-state index contributed by atoms with van der Waals surface area (Å²) in [5.74, 6) is -0.129. The van der Waals surface area contributed by atoms with E-state index in [0.29, 0.717) is 17.8 Å². The molecule has 126 valence electrons. The number of benzene rings is 2. The molecule has 0 atom stereocenters. The summed E-state index contributed by atoms with van der Waals surface area (Å²) in [6.07, 6.45) is 0. The minimum Gasteiger partial charge on any atom is -0.354 e. The summed E-state index contributed by atoms with van der Waals surface area (Å²) < 4.78 is 0. The van der Waals surface area contributed by atoms with Crippen molar-refractivity contribution in [2.75, 3.05) is 6.54 Å². The predicted molar refractivity (Wildman–Crippen MR) is 103 cm³/mol. The third-order valence-corrected chi connectivity index (χ3v) is 4.09. The van der Waals surface area contributed by atoms with Crippen LogP contribution in [0.2, 0.25) is 0 Å². The van der Waals surface area contributed by atoms with Gasteiger partial charge >= 0.3 is 0 Å². The van der Waals surface area contributed by atoms with Crippen molar-refractivity contribution >= 4 is 22.5 Å². The third-order valence-electron chi connectivity index (χ3n) is 4.09. The van der Waals surface area contributed by atoms with Crippen LogP contribution < -0.4 is 5.32 Å². The number of aryl methyl sites for hydroxylation is 1. The lowest BCUT2D eigenvalue weighted by molar-refractivity contribution is 0.0957. The number of aliphatic imine (C=N–C) groups is 1. The molecule has 4 nitrogen and oxygen atoms in total. The molecule has 0 bridgehead atoms. The topological polar surface area (TPSA) is 57.2 Å². The normalized spacial score (nSPS) is 11.5.